The number of amidine groups is 1. The van der Waals surface area contributed by atoms with E-state index in [1.54, 1.807) is 0 Å². The molecule has 116 valence electrons. The van der Waals surface area contributed by atoms with Crippen LogP contribution in [-0.2, 0) is 0 Å². The molecule has 0 radical (unpaired) electrons. The number of nitrogens with zero attached hydrogens (tertiary/aromatic N) is 2. The van der Waals surface area contributed by atoms with Crippen molar-refractivity contribution in [2.45, 2.75) is 58.9 Å². The van der Waals surface area contributed by atoms with Crippen molar-refractivity contribution in [1.29, 1.82) is 0 Å². The summed E-state index contributed by atoms with van der Waals surface area (Å²) in [6, 6.07) is 0.488. The zero-order chi connectivity index (χ0) is 14.4. The topological polar surface area (TPSA) is 27.6 Å². The first-order chi connectivity index (χ1) is 9.67. The second-order valence-corrected chi connectivity index (χ2v) is 7.47. The average molecular weight is 298 g/mol. The van der Waals surface area contributed by atoms with Gasteiger partial charge in [0.05, 0.1) is 0 Å². The number of thioether (sulfide) groups is 1. The van der Waals surface area contributed by atoms with Crippen LogP contribution in [0.1, 0.15) is 52.9 Å². The molecule has 0 bridgehead atoms. The van der Waals surface area contributed by atoms with Crippen LogP contribution in [0.4, 0.5) is 0 Å². The summed E-state index contributed by atoms with van der Waals surface area (Å²) in [6.45, 7) is 11.2. The van der Waals surface area contributed by atoms with E-state index in [9.17, 15) is 0 Å². The molecule has 0 aromatic heterocycles. The Kier molecular flexibility index (Phi) is 6.21. The number of likely N-dealkylation sites (N-methyl/N-ethyl adjacent to an activating group) is 1. The molecule has 20 heavy (non-hydrogen) atoms. The van der Waals surface area contributed by atoms with Gasteiger partial charge in [-0.25, -0.2) is 0 Å². The molecule has 4 heteroatoms. The molecule has 1 heterocycles. The maximum Gasteiger partial charge on any atom is 0.156 e. The molecule has 2 aliphatic rings. The van der Waals surface area contributed by atoms with Gasteiger partial charge in [-0.15, -0.1) is 0 Å². The van der Waals surface area contributed by atoms with Gasteiger partial charge in [0.15, 0.2) is 5.17 Å². The summed E-state index contributed by atoms with van der Waals surface area (Å²) < 4.78 is 0. The van der Waals surface area contributed by atoms with E-state index in [1.807, 2.05) is 11.8 Å². The molecule has 1 aliphatic heterocycles. The van der Waals surface area contributed by atoms with E-state index in [1.165, 1.54) is 43.0 Å². The summed E-state index contributed by atoms with van der Waals surface area (Å²) >= 11 is 1.96. The lowest BCUT2D eigenvalue weighted by Gasteiger charge is -2.39. The molecule has 1 N–H and O–H groups in total. The van der Waals surface area contributed by atoms with Crippen LogP contribution in [0.25, 0.3) is 0 Å². The molecule has 0 amide bonds. The van der Waals surface area contributed by atoms with E-state index >= 15 is 0 Å². The fourth-order valence-electron chi connectivity index (χ4n) is 3.37. The average Bonchev–Trinajstić information content (AvgIpc) is 2.48. The number of hydrogen-bond donors (Lipinski definition) is 1. The van der Waals surface area contributed by atoms with Gasteiger partial charge >= 0.3 is 0 Å². The van der Waals surface area contributed by atoms with E-state index in [2.05, 4.69) is 31.0 Å². The van der Waals surface area contributed by atoms with Crippen LogP contribution in [0.5, 0.6) is 0 Å². The second-order valence-electron chi connectivity index (χ2n) is 6.50. The van der Waals surface area contributed by atoms with E-state index in [0.717, 1.165) is 26.2 Å². The minimum Gasteiger partial charge on any atom is -0.361 e. The van der Waals surface area contributed by atoms with Gasteiger partial charge in [0.2, 0.25) is 0 Å². The van der Waals surface area contributed by atoms with Crippen molar-refractivity contribution in [3.05, 3.63) is 0 Å². The highest BCUT2D eigenvalue weighted by Crippen LogP contribution is 2.41. The Morgan fingerprint density at radius 2 is 1.95 bits per heavy atom. The van der Waals surface area contributed by atoms with Crippen LogP contribution in [0, 0.1) is 5.41 Å². The number of rotatable bonds is 5. The summed E-state index contributed by atoms with van der Waals surface area (Å²) in [5.74, 6) is 1.27. The Labute approximate surface area is 129 Å². The minimum absolute atomic E-state index is 0.488. The van der Waals surface area contributed by atoms with E-state index < -0.39 is 0 Å². The van der Waals surface area contributed by atoms with E-state index in [4.69, 9.17) is 4.99 Å². The van der Waals surface area contributed by atoms with Crippen molar-refractivity contribution in [3.8, 4) is 0 Å². The van der Waals surface area contributed by atoms with Crippen LogP contribution in [-0.4, -0.2) is 48.0 Å². The Bertz CT molecular complexity index is 320. The van der Waals surface area contributed by atoms with Crippen molar-refractivity contribution in [1.82, 2.24) is 10.2 Å². The normalized spacial score (nSPS) is 23.7. The van der Waals surface area contributed by atoms with E-state index in [0.29, 0.717) is 11.5 Å². The number of aliphatic imine (C=N–C) groups is 1. The van der Waals surface area contributed by atoms with Crippen LogP contribution in [0.15, 0.2) is 4.99 Å². The first kappa shape index (κ1) is 16.2. The second kappa shape index (κ2) is 7.69. The van der Waals surface area contributed by atoms with Crippen LogP contribution in [0.3, 0.4) is 0 Å². The SMILES string of the molecule is CCN(CC)CC(C)NC1=NCC2(CCCCC2)CS1. The van der Waals surface area contributed by atoms with Gasteiger partial charge in [0, 0.05) is 24.9 Å². The maximum absolute atomic E-state index is 4.86. The zero-order valence-corrected chi connectivity index (χ0v) is 14.3. The highest BCUT2D eigenvalue weighted by molar-refractivity contribution is 8.13. The predicted molar refractivity (Wildman–Crippen MR) is 90.7 cm³/mol. The van der Waals surface area contributed by atoms with Crippen molar-refractivity contribution in [3.63, 3.8) is 0 Å². The smallest absolute Gasteiger partial charge is 0.156 e. The third-order valence-electron chi connectivity index (χ3n) is 4.78. The van der Waals surface area contributed by atoms with E-state index in [-0.39, 0.29) is 0 Å². The molecule has 2 rings (SSSR count). The van der Waals surface area contributed by atoms with Crippen molar-refractivity contribution in [2.75, 3.05) is 31.9 Å². The molecule has 0 aromatic carbocycles. The third-order valence-corrected chi connectivity index (χ3v) is 6.06. The van der Waals surface area contributed by atoms with Gasteiger partial charge in [-0.05, 0) is 38.3 Å². The highest BCUT2D eigenvalue weighted by Gasteiger charge is 2.35. The van der Waals surface area contributed by atoms with Gasteiger partial charge in [-0.2, -0.15) is 0 Å². The predicted octanol–water partition coefficient (Wildman–Crippen LogP) is 3.36. The molecule has 1 unspecified atom stereocenters. The summed E-state index contributed by atoms with van der Waals surface area (Å²) in [4.78, 5) is 7.32. The first-order valence-corrected chi connectivity index (χ1v) is 9.32. The van der Waals surface area contributed by atoms with Crippen molar-refractivity contribution in [2.24, 2.45) is 10.4 Å². The lowest BCUT2D eigenvalue weighted by Crippen LogP contribution is -2.43. The zero-order valence-electron chi connectivity index (χ0n) is 13.5. The Morgan fingerprint density at radius 1 is 1.25 bits per heavy atom. The Morgan fingerprint density at radius 3 is 2.50 bits per heavy atom. The van der Waals surface area contributed by atoms with Gasteiger partial charge < -0.3 is 10.2 Å². The van der Waals surface area contributed by atoms with Gasteiger partial charge in [-0.1, -0.05) is 44.9 Å². The molecule has 1 saturated carbocycles. The Hall–Kier alpha value is -0.220. The minimum atomic E-state index is 0.488. The van der Waals surface area contributed by atoms with Crippen LogP contribution in [0.2, 0.25) is 0 Å². The molecule has 3 nitrogen and oxygen atoms in total. The monoisotopic (exact) mass is 297 g/mol. The lowest BCUT2D eigenvalue weighted by molar-refractivity contribution is 0.232. The number of hydrogen-bond acceptors (Lipinski definition) is 4. The van der Waals surface area contributed by atoms with Gasteiger partial charge in [0.25, 0.3) is 0 Å². The van der Waals surface area contributed by atoms with Crippen LogP contribution < -0.4 is 5.32 Å². The fourth-order valence-corrected chi connectivity index (χ4v) is 4.63. The molecule has 1 fully saturated rings. The summed E-state index contributed by atoms with van der Waals surface area (Å²) in [6.07, 6.45) is 7.05. The number of nitrogens with one attached hydrogen (secondary N) is 1. The highest BCUT2D eigenvalue weighted by atomic mass is 32.2. The summed E-state index contributed by atoms with van der Waals surface area (Å²) in [5, 5.41) is 4.79. The summed E-state index contributed by atoms with van der Waals surface area (Å²) in [7, 11) is 0. The largest absolute Gasteiger partial charge is 0.361 e. The standard InChI is InChI=1S/C16H31N3S/c1-4-19(5-2)11-14(3)18-15-17-12-16(13-20-15)9-7-6-8-10-16/h14H,4-13H2,1-3H3,(H,17,18). The van der Waals surface area contributed by atoms with Gasteiger partial charge in [-0.3, -0.25) is 4.99 Å². The first-order valence-electron chi connectivity index (χ1n) is 8.33. The molecule has 1 aliphatic carbocycles. The summed E-state index contributed by atoms with van der Waals surface area (Å²) in [5.41, 5.74) is 0.538. The molecular formula is C16H31N3S. The quantitative estimate of drug-likeness (QED) is 0.843. The molecule has 0 saturated heterocycles. The lowest BCUT2D eigenvalue weighted by atomic mass is 9.75. The molecule has 1 atom stereocenters. The molecular weight excluding hydrogens is 266 g/mol. The van der Waals surface area contributed by atoms with Crippen LogP contribution >= 0.6 is 11.8 Å². The van der Waals surface area contributed by atoms with Crippen molar-refractivity contribution < 1.29 is 0 Å². The third kappa shape index (κ3) is 4.39. The Balaban J connectivity index is 1.79. The fraction of sp³-hybridized carbons (Fsp3) is 0.938. The maximum atomic E-state index is 4.86. The van der Waals surface area contributed by atoms with Crippen molar-refractivity contribution >= 4 is 16.9 Å². The molecule has 1 spiro atoms. The van der Waals surface area contributed by atoms with Gasteiger partial charge in [0.1, 0.15) is 0 Å². The molecule has 0 aromatic rings.